The minimum absolute atomic E-state index is 0.0748. The molecule has 0 spiro atoms. The van der Waals surface area contributed by atoms with Crippen molar-refractivity contribution < 1.29 is 14.3 Å². The maximum Gasteiger partial charge on any atom is 0.348 e. The summed E-state index contributed by atoms with van der Waals surface area (Å²) in [6.07, 6.45) is 0.798. The van der Waals surface area contributed by atoms with Crippen LogP contribution >= 0.6 is 34.5 Å². The number of nitrogens with one attached hydrogen (secondary N) is 2. The van der Waals surface area contributed by atoms with Crippen molar-refractivity contribution in [3.63, 3.8) is 0 Å². The van der Waals surface area contributed by atoms with Crippen LogP contribution in [0.25, 0.3) is 10.2 Å². The molecule has 2 N–H and O–H groups in total. The molecule has 1 aromatic carbocycles. The Morgan fingerprint density at radius 2 is 2.06 bits per heavy atom. The lowest BCUT2D eigenvalue weighted by Crippen LogP contribution is -2.34. The molecule has 0 aliphatic rings. The van der Waals surface area contributed by atoms with E-state index in [1.165, 1.54) is 7.11 Å². The van der Waals surface area contributed by atoms with E-state index in [4.69, 9.17) is 27.9 Å². The Kier molecular flexibility index (Phi) is 7.89. The average Bonchev–Trinajstić information content (AvgIpc) is 3.06. The number of halogens is 2. The van der Waals surface area contributed by atoms with Crippen molar-refractivity contribution in [3.05, 3.63) is 54.9 Å². The van der Waals surface area contributed by atoms with Crippen LogP contribution in [-0.4, -0.2) is 46.9 Å². The summed E-state index contributed by atoms with van der Waals surface area (Å²) in [4.78, 5) is 47.1. The molecule has 3 rings (SSSR count). The number of aromatic amines is 1. The quantitative estimate of drug-likeness (QED) is 0.452. The highest BCUT2D eigenvalue weighted by Crippen LogP contribution is 2.28. The van der Waals surface area contributed by atoms with Crippen LogP contribution in [0.3, 0.4) is 0 Å². The average molecular weight is 497 g/mol. The van der Waals surface area contributed by atoms with Gasteiger partial charge in [-0.2, -0.15) is 0 Å². The number of methoxy groups -OCH3 is 1. The monoisotopic (exact) mass is 496 g/mol. The first-order valence-corrected chi connectivity index (χ1v) is 11.4. The summed E-state index contributed by atoms with van der Waals surface area (Å²) in [7, 11) is 1.29. The van der Waals surface area contributed by atoms with Crippen LogP contribution in [0.1, 0.15) is 34.4 Å². The van der Waals surface area contributed by atoms with Gasteiger partial charge >= 0.3 is 5.97 Å². The number of H-pyrrole nitrogens is 1. The zero-order valence-electron chi connectivity index (χ0n) is 17.8. The highest BCUT2D eigenvalue weighted by Gasteiger charge is 2.21. The SMILES string of the molecule is CCCN(CC(=O)Nc1ccc(Cl)cc1Cl)Cc1nc2sc(C(=O)OC)c(C)c2c(=O)[nH]1. The van der Waals surface area contributed by atoms with E-state index in [1.807, 2.05) is 11.8 Å². The summed E-state index contributed by atoms with van der Waals surface area (Å²) >= 11 is 13.1. The molecule has 0 saturated carbocycles. The second-order valence-corrected chi connectivity index (χ2v) is 8.97. The zero-order valence-corrected chi connectivity index (χ0v) is 20.1. The molecule has 11 heteroatoms. The van der Waals surface area contributed by atoms with Gasteiger partial charge in [0.1, 0.15) is 15.5 Å². The molecule has 1 amide bonds. The van der Waals surface area contributed by atoms with Crippen molar-refractivity contribution in [1.82, 2.24) is 14.9 Å². The molecular formula is C21H22Cl2N4O4S. The fourth-order valence-corrected chi connectivity index (χ4v) is 4.85. The largest absolute Gasteiger partial charge is 0.465 e. The lowest BCUT2D eigenvalue weighted by Gasteiger charge is -2.20. The molecule has 0 unspecified atom stereocenters. The fourth-order valence-electron chi connectivity index (χ4n) is 3.28. The van der Waals surface area contributed by atoms with Gasteiger partial charge in [-0.25, -0.2) is 9.78 Å². The van der Waals surface area contributed by atoms with E-state index in [0.29, 0.717) is 48.8 Å². The highest BCUT2D eigenvalue weighted by atomic mass is 35.5. The molecule has 2 heterocycles. The molecule has 3 aromatic rings. The van der Waals surface area contributed by atoms with Crippen LogP contribution in [0.4, 0.5) is 5.69 Å². The smallest absolute Gasteiger partial charge is 0.348 e. The van der Waals surface area contributed by atoms with Gasteiger partial charge < -0.3 is 15.0 Å². The third kappa shape index (κ3) is 5.47. The summed E-state index contributed by atoms with van der Waals surface area (Å²) in [5, 5.41) is 3.96. The number of esters is 1. The second-order valence-electron chi connectivity index (χ2n) is 7.12. The minimum Gasteiger partial charge on any atom is -0.465 e. The summed E-state index contributed by atoms with van der Waals surface area (Å²) in [5.41, 5.74) is 0.680. The number of aryl methyl sites for hydroxylation is 1. The number of amides is 1. The van der Waals surface area contributed by atoms with E-state index < -0.39 is 5.97 Å². The molecule has 0 fully saturated rings. The molecule has 32 heavy (non-hydrogen) atoms. The molecule has 8 nitrogen and oxygen atoms in total. The predicted octanol–water partition coefficient (Wildman–Crippen LogP) is 4.24. The first kappa shape index (κ1) is 24.2. The van der Waals surface area contributed by atoms with Crippen LogP contribution in [0.2, 0.25) is 10.0 Å². The number of carbonyl (C=O) groups is 2. The standard InChI is InChI=1S/C21H22Cl2N4O4S/c1-4-7-27(10-16(28)24-14-6-5-12(22)8-13(14)23)9-15-25-19(29)17-11(2)18(21(30)31-3)32-20(17)26-15/h5-6,8H,4,7,9-10H2,1-3H3,(H,24,28)(H,25,26,29). The Labute approximate surface area is 198 Å². The van der Waals surface area contributed by atoms with Gasteiger partial charge in [0.2, 0.25) is 5.91 Å². The van der Waals surface area contributed by atoms with Crippen molar-refractivity contribution in [2.75, 3.05) is 25.5 Å². The molecule has 0 radical (unpaired) electrons. The normalized spacial score (nSPS) is 11.2. The Bertz CT molecular complexity index is 1220. The first-order valence-electron chi connectivity index (χ1n) is 9.81. The van der Waals surface area contributed by atoms with Crippen LogP contribution < -0.4 is 10.9 Å². The van der Waals surface area contributed by atoms with Crippen LogP contribution in [-0.2, 0) is 16.1 Å². The van der Waals surface area contributed by atoms with E-state index in [9.17, 15) is 14.4 Å². The summed E-state index contributed by atoms with van der Waals surface area (Å²) < 4.78 is 4.78. The van der Waals surface area contributed by atoms with Crippen molar-refractivity contribution in [2.24, 2.45) is 0 Å². The lowest BCUT2D eigenvalue weighted by atomic mass is 10.2. The number of benzene rings is 1. The van der Waals surface area contributed by atoms with Gasteiger partial charge in [0.15, 0.2) is 0 Å². The van der Waals surface area contributed by atoms with Gasteiger partial charge in [-0.1, -0.05) is 30.1 Å². The first-order chi connectivity index (χ1) is 15.2. The number of hydrogen-bond donors (Lipinski definition) is 2. The number of fused-ring (bicyclic) bond motifs is 1. The number of nitrogens with zero attached hydrogens (tertiary/aromatic N) is 2. The maximum atomic E-state index is 12.6. The molecule has 0 saturated heterocycles. The van der Waals surface area contributed by atoms with Crippen LogP contribution in [0, 0.1) is 6.92 Å². The number of hydrogen-bond acceptors (Lipinski definition) is 7. The van der Waals surface area contributed by atoms with Crippen molar-refractivity contribution in [3.8, 4) is 0 Å². The summed E-state index contributed by atoms with van der Waals surface area (Å²) in [5.74, 6) is -0.353. The number of aromatic nitrogens is 2. The van der Waals surface area contributed by atoms with Gasteiger partial charge in [-0.15, -0.1) is 11.3 Å². The van der Waals surface area contributed by atoms with E-state index in [-0.39, 0.29) is 24.6 Å². The molecular weight excluding hydrogens is 475 g/mol. The maximum absolute atomic E-state index is 12.6. The Balaban J connectivity index is 1.79. The zero-order chi connectivity index (χ0) is 23.4. The molecule has 0 atom stereocenters. The Morgan fingerprint density at radius 3 is 2.72 bits per heavy atom. The minimum atomic E-state index is -0.503. The topological polar surface area (TPSA) is 104 Å². The van der Waals surface area contributed by atoms with E-state index >= 15 is 0 Å². The highest BCUT2D eigenvalue weighted by molar-refractivity contribution is 7.20. The number of anilines is 1. The van der Waals surface area contributed by atoms with E-state index in [1.54, 1.807) is 25.1 Å². The molecule has 170 valence electrons. The van der Waals surface area contributed by atoms with Gasteiger partial charge in [0.25, 0.3) is 5.56 Å². The third-order valence-corrected chi connectivity index (χ3v) is 6.42. The van der Waals surface area contributed by atoms with Gasteiger partial charge in [-0.3, -0.25) is 14.5 Å². The number of carbonyl (C=O) groups excluding carboxylic acids is 2. The molecule has 2 aromatic heterocycles. The predicted molar refractivity (Wildman–Crippen MR) is 127 cm³/mol. The number of thiophene rings is 1. The van der Waals surface area contributed by atoms with Crippen LogP contribution in [0.5, 0.6) is 0 Å². The molecule has 0 aliphatic carbocycles. The number of rotatable bonds is 8. The van der Waals surface area contributed by atoms with Gasteiger partial charge in [-0.05, 0) is 43.7 Å². The van der Waals surface area contributed by atoms with Crippen molar-refractivity contribution in [1.29, 1.82) is 0 Å². The van der Waals surface area contributed by atoms with E-state index in [2.05, 4.69) is 15.3 Å². The molecule has 0 aliphatic heterocycles. The van der Waals surface area contributed by atoms with Gasteiger partial charge in [0, 0.05) is 5.02 Å². The van der Waals surface area contributed by atoms with Crippen LogP contribution in [0.15, 0.2) is 23.0 Å². The van der Waals surface area contributed by atoms with Gasteiger partial charge in [0.05, 0.1) is 36.3 Å². The third-order valence-electron chi connectivity index (χ3n) is 4.71. The van der Waals surface area contributed by atoms with E-state index in [0.717, 1.165) is 17.8 Å². The number of ether oxygens (including phenoxy) is 1. The van der Waals surface area contributed by atoms with Crippen molar-refractivity contribution in [2.45, 2.75) is 26.8 Å². The summed E-state index contributed by atoms with van der Waals surface area (Å²) in [6.45, 7) is 4.63. The van der Waals surface area contributed by atoms with Crippen molar-refractivity contribution >= 4 is 62.3 Å². The second kappa shape index (κ2) is 10.4. The Morgan fingerprint density at radius 1 is 1.31 bits per heavy atom. The fraction of sp³-hybridized carbons (Fsp3) is 0.333. The molecule has 0 bridgehead atoms. The lowest BCUT2D eigenvalue weighted by molar-refractivity contribution is -0.117. The summed E-state index contributed by atoms with van der Waals surface area (Å²) in [6, 6.07) is 4.83. The Hall–Kier alpha value is -2.46.